The summed E-state index contributed by atoms with van der Waals surface area (Å²) in [5.41, 5.74) is 5.55. The van der Waals surface area contributed by atoms with Crippen molar-refractivity contribution in [3.63, 3.8) is 0 Å². The largest absolute Gasteiger partial charge is 2.00 e. The summed E-state index contributed by atoms with van der Waals surface area (Å²) in [5.74, 6) is -0.773. The predicted octanol–water partition coefficient (Wildman–Crippen LogP) is 3.75. The van der Waals surface area contributed by atoms with Gasteiger partial charge >= 0.3 is 16.8 Å². The quantitative estimate of drug-likeness (QED) is 0.462. The monoisotopic (exact) mass is 571 g/mol. The molecule has 0 amide bonds. The van der Waals surface area contributed by atoms with Gasteiger partial charge in [-0.15, -0.1) is 0 Å². The van der Waals surface area contributed by atoms with Gasteiger partial charge in [-0.2, -0.15) is 0 Å². The number of aliphatic imine (C=N–C) groups is 2. The Morgan fingerprint density at radius 1 is 0.789 bits per heavy atom. The molecule has 2 N–H and O–H groups in total. The van der Waals surface area contributed by atoms with Crippen LogP contribution in [0.4, 0.5) is 0 Å². The van der Waals surface area contributed by atoms with E-state index in [1.807, 2.05) is 38.1 Å². The number of aryl methyl sites for hydroxylation is 2. The summed E-state index contributed by atoms with van der Waals surface area (Å²) in [6, 6.07) is 8.06. The fourth-order valence-electron chi connectivity index (χ4n) is 3.23. The molecule has 1 radical (unpaired) electrons. The van der Waals surface area contributed by atoms with Gasteiger partial charge in [0.1, 0.15) is 18.2 Å². The Balaban J connectivity index is 0. The van der Waals surface area contributed by atoms with E-state index in [2.05, 4.69) is 37.7 Å². The first-order valence-corrected chi connectivity index (χ1v) is 12.3. The Morgan fingerprint density at radius 2 is 1.08 bits per heavy atom. The van der Waals surface area contributed by atoms with Crippen molar-refractivity contribution in [3.8, 4) is 11.5 Å². The van der Waals surface area contributed by atoms with E-state index in [9.17, 15) is 10.2 Å². The zero-order valence-corrected chi connectivity index (χ0v) is 24.5. The second-order valence-electron chi connectivity index (χ2n) is 8.92. The zero-order chi connectivity index (χ0) is 28.7. The van der Waals surface area contributed by atoms with Gasteiger partial charge in [0.2, 0.25) is 0 Å². The maximum atomic E-state index is 10.3. The molecule has 0 saturated carbocycles. The fourth-order valence-corrected chi connectivity index (χ4v) is 3.23. The minimum Gasteiger partial charge on any atom is -0.550 e. The van der Waals surface area contributed by atoms with Crippen LogP contribution >= 0.6 is 0 Å². The first-order valence-electron chi connectivity index (χ1n) is 12.3. The van der Waals surface area contributed by atoms with Crippen molar-refractivity contribution in [2.75, 3.05) is 6.67 Å². The Morgan fingerprint density at radius 3 is 1.34 bits per heavy atom. The minimum atomic E-state index is -1.08. The molecule has 0 aromatic heterocycles. The summed E-state index contributed by atoms with van der Waals surface area (Å²) >= 11 is 0. The Labute approximate surface area is 236 Å². The molecule has 9 heteroatoms. The third-order valence-electron chi connectivity index (χ3n) is 5.69. The Kier molecular flexibility index (Phi) is 18.5. The summed E-state index contributed by atoms with van der Waals surface area (Å²) in [4.78, 5) is 26.5. The molecule has 0 fully saturated rings. The van der Waals surface area contributed by atoms with E-state index in [0.717, 1.165) is 37.8 Å². The van der Waals surface area contributed by atoms with E-state index >= 15 is 0 Å². The Hall–Kier alpha value is -3.17. The summed E-state index contributed by atoms with van der Waals surface area (Å²) in [5, 5.41) is 38.4. The molecule has 2 aromatic rings. The first kappa shape index (κ1) is 37.0. The number of carbonyl (C=O) groups is 2. The molecule has 2 aromatic carbocycles. The number of carboxylic acids is 2. The molecular formula is C29H40CoN2O6. The molecule has 0 saturated heterocycles. The number of rotatable bonds is 8. The second kappa shape index (κ2) is 19.0. The number of carbonyl (C=O) groups excluding carboxylic acids is 2. The maximum Gasteiger partial charge on any atom is 2.00 e. The van der Waals surface area contributed by atoms with E-state index in [4.69, 9.17) is 19.8 Å². The maximum absolute atomic E-state index is 10.3. The molecule has 0 spiro atoms. The standard InChI is InChI=1S/C25H34N2O2.2C2H4O2.Co/c1-7-16(3)20-9-18(5)24(28)22(11-20)13-26-15-27-14-23-12-21(17(4)8-2)10-19(6)25(23)29;2*1-2(3)4;/h9-14,16-17,28-29H,7-8,15H2,1-6H3;2*1H3,(H,3,4);/q;;;+2/p-2. The van der Waals surface area contributed by atoms with Crippen LogP contribution in [0.2, 0.25) is 0 Å². The fraction of sp³-hybridized carbons (Fsp3) is 0.448. The molecule has 0 aliphatic carbocycles. The first-order chi connectivity index (χ1) is 17.2. The van der Waals surface area contributed by atoms with Gasteiger partial charge in [-0.25, -0.2) is 0 Å². The van der Waals surface area contributed by atoms with Gasteiger partial charge in [0.25, 0.3) is 0 Å². The van der Waals surface area contributed by atoms with Gasteiger partial charge in [0.05, 0.1) is 0 Å². The number of benzene rings is 2. The number of phenols is 2. The second-order valence-corrected chi connectivity index (χ2v) is 8.92. The van der Waals surface area contributed by atoms with E-state index in [1.165, 1.54) is 11.1 Å². The third-order valence-corrected chi connectivity index (χ3v) is 5.69. The van der Waals surface area contributed by atoms with Crippen LogP contribution in [0.25, 0.3) is 0 Å². The molecule has 0 aliphatic heterocycles. The molecule has 38 heavy (non-hydrogen) atoms. The predicted molar refractivity (Wildman–Crippen MR) is 145 cm³/mol. The van der Waals surface area contributed by atoms with E-state index in [-0.39, 0.29) is 34.9 Å². The van der Waals surface area contributed by atoms with Gasteiger partial charge in [0.15, 0.2) is 0 Å². The van der Waals surface area contributed by atoms with Crippen LogP contribution in [0, 0.1) is 13.8 Å². The van der Waals surface area contributed by atoms with Crippen molar-refractivity contribution in [1.29, 1.82) is 0 Å². The minimum absolute atomic E-state index is 0. The van der Waals surface area contributed by atoms with Crippen molar-refractivity contribution in [2.24, 2.45) is 9.98 Å². The van der Waals surface area contributed by atoms with Gasteiger partial charge in [-0.3, -0.25) is 9.98 Å². The van der Waals surface area contributed by atoms with Gasteiger partial charge in [-0.05, 0) is 86.8 Å². The molecule has 8 nitrogen and oxygen atoms in total. The summed E-state index contributed by atoms with van der Waals surface area (Å²) in [6.07, 6.45) is 5.44. The summed E-state index contributed by atoms with van der Waals surface area (Å²) in [7, 11) is 0. The molecule has 2 unspecified atom stereocenters. The van der Waals surface area contributed by atoms with Crippen LogP contribution in [-0.4, -0.2) is 41.2 Å². The van der Waals surface area contributed by atoms with Crippen molar-refractivity contribution in [2.45, 2.75) is 80.1 Å². The summed E-state index contributed by atoms with van der Waals surface area (Å²) < 4.78 is 0. The zero-order valence-electron chi connectivity index (χ0n) is 23.5. The van der Waals surface area contributed by atoms with Crippen molar-refractivity contribution < 1.29 is 46.8 Å². The number of aliphatic carboxylic acids is 2. The number of hydrogen-bond acceptors (Lipinski definition) is 8. The van der Waals surface area contributed by atoms with Gasteiger partial charge < -0.3 is 30.0 Å². The number of phenolic OH excluding ortho intramolecular Hbond substituents is 2. The van der Waals surface area contributed by atoms with Crippen molar-refractivity contribution in [1.82, 2.24) is 0 Å². The molecule has 0 heterocycles. The number of hydrogen-bond donors (Lipinski definition) is 2. The van der Waals surface area contributed by atoms with Crippen LogP contribution in [0.3, 0.4) is 0 Å². The molecule has 2 rings (SSSR count). The Bertz CT molecular complexity index is 1010. The molecule has 211 valence electrons. The van der Waals surface area contributed by atoms with E-state index in [0.29, 0.717) is 23.0 Å². The van der Waals surface area contributed by atoms with E-state index in [1.54, 1.807) is 12.4 Å². The topological polar surface area (TPSA) is 145 Å². The SMILES string of the molecule is CC(=O)[O-].CC(=O)[O-].CCC(C)c1cc(C)c(O)c(C=NCN=Cc2cc(C(C)CC)cc(C)c2O)c1.[Co+2]. The van der Waals surface area contributed by atoms with Crippen molar-refractivity contribution in [3.05, 3.63) is 57.6 Å². The number of nitrogens with zero attached hydrogens (tertiary/aromatic N) is 2. The normalized spacial score (nSPS) is 12.0. The number of carboxylic acid groups (broad SMARTS) is 2. The average molecular weight is 572 g/mol. The number of aromatic hydroxyl groups is 2. The van der Waals surface area contributed by atoms with Crippen LogP contribution < -0.4 is 10.2 Å². The van der Waals surface area contributed by atoms with Crippen LogP contribution in [0.15, 0.2) is 34.3 Å². The van der Waals surface area contributed by atoms with Crippen LogP contribution in [0.1, 0.15) is 99.6 Å². The summed E-state index contributed by atoms with van der Waals surface area (Å²) in [6.45, 7) is 14.7. The average Bonchev–Trinajstić information content (AvgIpc) is 2.81. The van der Waals surface area contributed by atoms with E-state index < -0.39 is 11.9 Å². The molecule has 0 bridgehead atoms. The smallest absolute Gasteiger partial charge is 0.550 e. The van der Waals surface area contributed by atoms with Gasteiger partial charge in [-0.1, -0.05) is 39.8 Å². The van der Waals surface area contributed by atoms with Crippen LogP contribution in [-0.2, 0) is 26.4 Å². The van der Waals surface area contributed by atoms with Gasteiger partial charge in [0, 0.05) is 35.5 Å². The van der Waals surface area contributed by atoms with Crippen molar-refractivity contribution >= 4 is 24.4 Å². The molecule has 0 aliphatic rings. The molecule has 2 atom stereocenters. The van der Waals surface area contributed by atoms with Crippen LogP contribution in [0.5, 0.6) is 11.5 Å². The third kappa shape index (κ3) is 13.9. The molecular weight excluding hydrogens is 531 g/mol.